The van der Waals surface area contributed by atoms with Gasteiger partial charge in [0.15, 0.2) is 5.96 Å². The van der Waals surface area contributed by atoms with E-state index in [1.54, 1.807) is 7.05 Å². The highest BCUT2D eigenvalue weighted by Crippen LogP contribution is 2.43. The van der Waals surface area contributed by atoms with Gasteiger partial charge in [0.05, 0.1) is 0 Å². The fourth-order valence-electron chi connectivity index (χ4n) is 3.63. The van der Waals surface area contributed by atoms with E-state index in [9.17, 15) is 8.78 Å². The van der Waals surface area contributed by atoms with Gasteiger partial charge in [-0.1, -0.05) is 13.0 Å². The zero-order chi connectivity index (χ0) is 19.7. The fraction of sp³-hybridized carbons (Fsp3) is 0.526. The second-order valence-corrected chi connectivity index (χ2v) is 7.83. The quantitative estimate of drug-likeness (QED) is 0.371. The lowest BCUT2D eigenvalue weighted by Crippen LogP contribution is -2.53. The van der Waals surface area contributed by atoms with E-state index in [0.29, 0.717) is 6.42 Å². The van der Waals surface area contributed by atoms with Gasteiger partial charge in [-0.2, -0.15) is 4.37 Å². The lowest BCUT2D eigenvalue weighted by atomic mass is 10.1. The Morgan fingerprint density at radius 3 is 2.52 bits per heavy atom. The topological polar surface area (TPSA) is 56.7 Å². The molecule has 0 bridgehead atoms. The van der Waals surface area contributed by atoms with E-state index in [1.165, 1.54) is 29.7 Å². The average Bonchev–Trinajstić information content (AvgIpc) is 3.28. The molecule has 1 N–H and O–H groups in total. The number of hydrogen-bond donors (Lipinski definition) is 1. The number of aryl methyl sites for hydroxylation is 1. The highest BCUT2D eigenvalue weighted by molar-refractivity contribution is 14.0. The SMILES string of the molecule is CCc1nsc(N2CCN(C(=NC)NC3CC3c3c(F)cccc3F)CC2)n1.I. The molecule has 1 aliphatic heterocycles. The molecular formula is C19H25F2IN6S. The van der Waals surface area contributed by atoms with Crippen LogP contribution in [0.3, 0.4) is 0 Å². The molecule has 1 saturated carbocycles. The number of halogens is 3. The van der Waals surface area contributed by atoms with Crippen molar-refractivity contribution in [1.29, 1.82) is 0 Å². The number of aliphatic imine (C=N–C) groups is 1. The van der Waals surface area contributed by atoms with Crippen LogP contribution in [-0.2, 0) is 6.42 Å². The van der Waals surface area contributed by atoms with E-state index >= 15 is 0 Å². The molecule has 29 heavy (non-hydrogen) atoms. The Morgan fingerprint density at radius 2 is 1.93 bits per heavy atom. The maximum Gasteiger partial charge on any atom is 0.205 e. The number of nitrogens with one attached hydrogen (secondary N) is 1. The van der Waals surface area contributed by atoms with Gasteiger partial charge in [0.25, 0.3) is 0 Å². The minimum absolute atomic E-state index is 0. The van der Waals surface area contributed by atoms with Crippen molar-refractivity contribution >= 4 is 46.6 Å². The third-order valence-corrected chi connectivity index (χ3v) is 6.13. The minimum atomic E-state index is -0.471. The Bertz CT molecular complexity index is 848. The van der Waals surface area contributed by atoms with Crippen LogP contribution in [0.2, 0.25) is 0 Å². The number of nitrogens with zero attached hydrogens (tertiary/aromatic N) is 5. The molecule has 0 radical (unpaired) electrons. The van der Waals surface area contributed by atoms with Crippen LogP contribution in [-0.4, -0.2) is 59.5 Å². The highest BCUT2D eigenvalue weighted by atomic mass is 127. The lowest BCUT2D eigenvalue weighted by Gasteiger charge is -2.36. The number of piperazine rings is 1. The van der Waals surface area contributed by atoms with Crippen LogP contribution in [0.25, 0.3) is 0 Å². The van der Waals surface area contributed by atoms with Gasteiger partial charge in [0.1, 0.15) is 17.5 Å². The van der Waals surface area contributed by atoms with Crippen molar-refractivity contribution in [2.75, 3.05) is 38.1 Å². The highest BCUT2D eigenvalue weighted by Gasteiger charge is 2.43. The van der Waals surface area contributed by atoms with E-state index in [2.05, 4.69) is 36.4 Å². The van der Waals surface area contributed by atoms with Crippen LogP contribution in [0, 0.1) is 11.6 Å². The summed E-state index contributed by atoms with van der Waals surface area (Å²) in [5.41, 5.74) is 0.184. The summed E-state index contributed by atoms with van der Waals surface area (Å²) in [6, 6.07) is 4.05. The molecule has 2 atom stereocenters. The first-order valence-electron chi connectivity index (χ1n) is 9.60. The molecule has 0 amide bonds. The third kappa shape index (κ3) is 4.79. The number of guanidine groups is 1. The minimum Gasteiger partial charge on any atom is -0.353 e. The van der Waals surface area contributed by atoms with Crippen LogP contribution < -0.4 is 10.2 Å². The molecule has 1 aromatic heterocycles. The van der Waals surface area contributed by atoms with Crippen molar-refractivity contribution in [2.45, 2.75) is 31.7 Å². The van der Waals surface area contributed by atoms with Crippen molar-refractivity contribution in [3.8, 4) is 0 Å². The van der Waals surface area contributed by atoms with Gasteiger partial charge in [-0.25, -0.2) is 13.8 Å². The van der Waals surface area contributed by atoms with Crippen molar-refractivity contribution < 1.29 is 8.78 Å². The molecule has 2 heterocycles. The number of anilines is 1. The maximum atomic E-state index is 14.0. The van der Waals surface area contributed by atoms with Gasteiger partial charge < -0.3 is 15.1 Å². The number of hydrogen-bond acceptors (Lipinski definition) is 5. The molecule has 2 aromatic rings. The molecule has 10 heteroatoms. The van der Waals surface area contributed by atoms with Crippen LogP contribution in [0.5, 0.6) is 0 Å². The van der Waals surface area contributed by atoms with Gasteiger partial charge in [-0.15, -0.1) is 24.0 Å². The van der Waals surface area contributed by atoms with Gasteiger partial charge in [-0.3, -0.25) is 4.99 Å². The van der Waals surface area contributed by atoms with E-state index in [4.69, 9.17) is 0 Å². The largest absolute Gasteiger partial charge is 0.353 e. The Kier molecular flexibility index (Phi) is 7.25. The first-order valence-corrected chi connectivity index (χ1v) is 10.4. The molecule has 2 fully saturated rings. The number of rotatable bonds is 4. The van der Waals surface area contributed by atoms with E-state index in [1.807, 2.05) is 0 Å². The summed E-state index contributed by atoms with van der Waals surface area (Å²) in [5.74, 6) is 0.589. The summed E-state index contributed by atoms with van der Waals surface area (Å²) in [7, 11) is 1.74. The van der Waals surface area contributed by atoms with Crippen molar-refractivity contribution in [1.82, 2.24) is 19.6 Å². The Balaban J connectivity index is 0.00000240. The van der Waals surface area contributed by atoms with E-state index in [-0.39, 0.29) is 41.5 Å². The van der Waals surface area contributed by atoms with Gasteiger partial charge in [0, 0.05) is 68.7 Å². The fourth-order valence-corrected chi connectivity index (χ4v) is 4.43. The van der Waals surface area contributed by atoms with Crippen LogP contribution in [0.4, 0.5) is 13.9 Å². The van der Waals surface area contributed by atoms with Crippen molar-refractivity contribution in [3.63, 3.8) is 0 Å². The molecule has 1 aliphatic carbocycles. The number of aromatic nitrogens is 2. The lowest BCUT2D eigenvalue weighted by molar-refractivity contribution is 0.371. The van der Waals surface area contributed by atoms with Crippen molar-refractivity contribution in [3.05, 3.63) is 41.2 Å². The molecule has 1 saturated heterocycles. The average molecular weight is 534 g/mol. The summed E-state index contributed by atoms with van der Waals surface area (Å²) in [6.45, 7) is 5.36. The summed E-state index contributed by atoms with van der Waals surface area (Å²) < 4.78 is 32.3. The Morgan fingerprint density at radius 1 is 1.24 bits per heavy atom. The van der Waals surface area contributed by atoms with E-state index < -0.39 is 11.6 Å². The molecule has 2 aliphatic rings. The second-order valence-electron chi connectivity index (χ2n) is 7.10. The molecular weight excluding hydrogens is 509 g/mol. The summed E-state index contributed by atoms with van der Waals surface area (Å²) in [4.78, 5) is 13.4. The molecule has 0 spiro atoms. The first kappa shape index (κ1) is 22.1. The van der Waals surface area contributed by atoms with Gasteiger partial charge in [-0.05, 0) is 18.6 Å². The predicted octanol–water partition coefficient (Wildman–Crippen LogP) is 3.25. The summed E-state index contributed by atoms with van der Waals surface area (Å²) >= 11 is 1.45. The molecule has 158 valence electrons. The molecule has 6 nitrogen and oxygen atoms in total. The standard InChI is InChI=1S/C19H24F2N6S.HI/c1-3-16-24-19(28-25-16)27-9-7-26(8-10-27)18(22-2)23-15-11-12(15)17-13(20)5-4-6-14(17)21;/h4-6,12,15H,3,7-11H2,1-2H3,(H,22,23);1H. The smallest absolute Gasteiger partial charge is 0.205 e. The monoisotopic (exact) mass is 534 g/mol. The Hall–Kier alpha value is -1.56. The number of benzene rings is 1. The normalized spacial score (nSPS) is 21.7. The molecule has 4 rings (SSSR count). The summed E-state index contributed by atoms with van der Waals surface area (Å²) in [6.07, 6.45) is 1.56. The zero-order valence-corrected chi connectivity index (χ0v) is 19.6. The predicted molar refractivity (Wildman–Crippen MR) is 122 cm³/mol. The summed E-state index contributed by atoms with van der Waals surface area (Å²) in [5, 5.41) is 4.35. The Labute approximate surface area is 190 Å². The molecule has 2 unspecified atom stereocenters. The second kappa shape index (κ2) is 9.50. The maximum absolute atomic E-state index is 14.0. The van der Waals surface area contributed by atoms with Gasteiger partial charge >= 0.3 is 0 Å². The first-order chi connectivity index (χ1) is 13.6. The van der Waals surface area contributed by atoms with Crippen molar-refractivity contribution in [2.24, 2.45) is 4.99 Å². The third-order valence-electron chi connectivity index (χ3n) is 5.31. The zero-order valence-electron chi connectivity index (χ0n) is 16.4. The van der Waals surface area contributed by atoms with Crippen LogP contribution >= 0.6 is 35.5 Å². The van der Waals surface area contributed by atoms with Crippen LogP contribution in [0.15, 0.2) is 23.2 Å². The van der Waals surface area contributed by atoms with E-state index in [0.717, 1.165) is 49.5 Å². The van der Waals surface area contributed by atoms with Gasteiger partial charge in [0.2, 0.25) is 5.13 Å². The molecule has 1 aromatic carbocycles. The van der Waals surface area contributed by atoms with Crippen LogP contribution in [0.1, 0.15) is 30.7 Å².